The summed E-state index contributed by atoms with van der Waals surface area (Å²) >= 11 is 12.1. The van der Waals surface area contributed by atoms with E-state index in [0.717, 1.165) is 30.6 Å². The maximum atomic E-state index is 12.8. The normalized spacial score (nSPS) is 15.0. The number of aromatic nitrogens is 2. The molecule has 5 N–H and O–H groups in total. The molecule has 11 nitrogen and oxygen atoms in total. The summed E-state index contributed by atoms with van der Waals surface area (Å²) in [5, 5.41) is 12.8. The standard InChI is InChI=1S/C17H20Cl2N5O6P/c18-11-2-1-3-12(19)14(11)16(25)22-13-8-24(9-30-31(27,28)29)23-15(13)17(26)21-10-4-6-20-7-5-10/h1-3,8,10,20H,4-7,9H2,(H,21,26)(H,22,25)(H2,27,28,29). The van der Waals surface area contributed by atoms with E-state index in [4.69, 9.17) is 33.0 Å². The second-order valence-electron chi connectivity index (χ2n) is 6.73. The minimum Gasteiger partial charge on any atom is -0.348 e. The van der Waals surface area contributed by atoms with Crippen LogP contribution < -0.4 is 16.0 Å². The van der Waals surface area contributed by atoms with Gasteiger partial charge in [-0.15, -0.1) is 0 Å². The fraction of sp³-hybridized carbons (Fsp3) is 0.353. The van der Waals surface area contributed by atoms with Crippen molar-refractivity contribution in [2.24, 2.45) is 0 Å². The van der Waals surface area contributed by atoms with Crippen molar-refractivity contribution in [3.63, 3.8) is 0 Å². The van der Waals surface area contributed by atoms with Gasteiger partial charge in [-0.3, -0.25) is 14.1 Å². The van der Waals surface area contributed by atoms with Crippen LogP contribution in [0.15, 0.2) is 24.4 Å². The van der Waals surface area contributed by atoms with Gasteiger partial charge in [0.2, 0.25) is 0 Å². The third kappa shape index (κ3) is 6.50. The molecule has 0 aliphatic carbocycles. The Morgan fingerprint density at radius 2 is 1.87 bits per heavy atom. The average molecular weight is 492 g/mol. The molecule has 1 saturated heterocycles. The number of piperidine rings is 1. The van der Waals surface area contributed by atoms with E-state index >= 15 is 0 Å². The number of hydrogen-bond acceptors (Lipinski definition) is 6. The third-order valence-corrected chi connectivity index (χ3v) is 5.53. The van der Waals surface area contributed by atoms with Crippen molar-refractivity contribution in [2.75, 3.05) is 18.4 Å². The summed E-state index contributed by atoms with van der Waals surface area (Å²) < 4.78 is 16.4. The number of hydrogen-bond donors (Lipinski definition) is 5. The average Bonchev–Trinajstić information content (AvgIpc) is 3.09. The first-order chi connectivity index (χ1) is 14.6. The Hall–Kier alpha value is -1.98. The number of phosphoric acid groups is 1. The van der Waals surface area contributed by atoms with Gasteiger partial charge in [0.25, 0.3) is 11.8 Å². The molecule has 31 heavy (non-hydrogen) atoms. The minimum atomic E-state index is -4.77. The number of halogens is 2. The number of amides is 2. The minimum absolute atomic E-state index is 0.00160. The number of carbonyl (C=O) groups excluding carboxylic acids is 2. The van der Waals surface area contributed by atoms with Crippen molar-refractivity contribution < 1.29 is 28.5 Å². The Morgan fingerprint density at radius 1 is 1.23 bits per heavy atom. The highest BCUT2D eigenvalue weighted by molar-refractivity contribution is 7.46. The lowest BCUT2D eigenvalue weighted by molar-refractivity contribution is 0.0923. The number of phosphoric ester groups is 1. The van der Waals surface area contributed by atoms with Gasteiger partial charge in [-0.2, -0.15) is 5.10 Å². The van der Waals surface area contributed by atoms with E-state index < -0.39 is 26.4 Å². The number of anilines is 1. The van der Waals surface area contributed by atoms with E-state index in [1.165, 1.54) is 18.3 Å². The molecule has 0 atom stereocenters. The van der Waals surface area contributed by atoms with Crippen LogP contribution in [0.3, 0.4) is 0 Å². The molecule has 1 aliphatic heterocycles. The molecule has 168 valence electrons. The van der Waals surface area contributed by atoms with Gasteiger partial charge in [-0.25, -0.2) is 9.25 Å². The zero-order valence-electron chi connectivity index (χ0n) is 16.0. The molecule has 0 saturated carbocycles. The van der Waals surface area contributed by atoms with Crippen LogP contribution in [0.1, 0.15) is 33.7 Å². The zero-order chi connectivity index (χ0) is 22.6. The molecule has 2 aromatic rings. The lowest BCUT2D eigenvalue weighted by Crippen LogP contribution is -2.43. The largest absolute Gasteiger partial charge is 0.471 e. The summed E-state index contributed by atoms with van der Waals surface area (Å²) in [5.74, 6) is -1.23. The number of benzene rings is 1. The molecule has 1 aromatic heterocycles. The first kappa shape index (κ1) is 23.7. The fourth-order valence-electron chi connectivity index (χ4n) is 3.00. The summed E-state index contributed by atoms with van der Waals surface area (Å²) in [7, 11) is -4.77. The van der Waals surface area contributed by atoms with Gasteiger partial charge >= 0.3 is 7.82 Å². The summed E-state index contributed by atoms with van der Waals surface area (Å²) in [6.07, 6.45) is 2.67. The predicted octanol–water partition coefficient (Wildman–Crippen LogP) is 1.99. The van der Waals surface area contributed by atoms with E-state index in [1.54, 1.807) is 6.07 Å². The number of nitrogens with zero attached hydrogens (tertiary/aromatic N) is 2. The molecule has 2 amide bonds. The van der Waals surface area contributed by atoms with Gasteiger partial charge < -0.3 is 25.7 Å². The first-order valence-corrected chi connectivity index (χ1v) is 11.5. The van der Waals surface area contributed by atoms with Crippen LogP contribution >= 0.6 is 31.0 Å². The molecule has 14 heteroatoms. The predicted molar refractivity (Wildman–Crippen MR) is 113 cm³/mol. The van der Waals surface area contributed by atoms with Crippen molar-refractivity contribution in [1.82, 2.24) is 20.4 Å². The topological polar surface area (TPSA) is 155 Å². The monoisotopic (exact) mass is 491 g/mol. The Morgan fingerprint density at radius 3 is 2.48 bits per heavy atom. The van der Waals surface area contributed by atoms with Gasteiger partial charge in [-0.1, -0.05) is 29.3 Å². The van der Waals surface area contributed by atoms with Crippen molar-refractivity contribution >= 4 is 48.5 Å². The van der Waals surface area contributed by atoms with Gasteiger partial charge in [0.15, 0.2) is 12.4 Å². The number of carbonyl (C=O) groups is 2. The van der Waals surface area contributed by atoms with Crippen LogP contribution in [0, 0.1) is 0 Å². The Balaban J connectivity index is 1.85. The Kier molecular flexibility index (Phi) is 7.71. The highest BCUT2D eigenvalue weighted by Crippen LogP contribution is 2.36. The van der Waals surface area contributed by atoms with Crippen LogP contribution in [0.5, 0.6) is 0 Å². The second-order valence-corrected chi connectivity index (χ2v) is 8.78. The van der Waals surface area contributed by atoms with Crippen LogP contribution in [0.25, 0.3) is 0 Å². The lowest BCUT2D eigenvalue weighted by Gasteiger charge is -2.23. The van der Waals surface area contributed by atoms with Gasteiger partial charge in [-0.05, 0) is 38.1 Å². The van der Waals surface area contributed by atoms with Crippen LogP contribution in [0.2, 0.25) is 10.0 Å². The van der Waals surface area contributed by atoms with Crippen molar-refractivity contribution in [2.45, 2.75) is 25.6 Å². The second kappa shape index (κ2) is 10.1. The fourth-order valence-corrected chi connectivity index (χ4v) is 3.84. The van der Waals surface area contributed by atoms with Crippen molar-refractivity contribution in [3.8, 4) is 0 Å². The lowest BCUT2D eigenvalue weighted by atomic mass is 10.1. The Bertz CT molecular complexity index is 1000. The van der Waals surface area contributed by atoms with Crippen molar-refractivity contribution in [3.05, 3.63) is 45.7 Å². The van der Waals surface area contributed by atoms with Crippen LogP contribution in [-0.4, -0.2) is 50.5 Å². The van der Waals surface area contributed by atoms with Crippen LogP contribution in [-0.2, 0) is 15.8 Å². The Labute approximate surface area is 187 Å². The molecule has 3 rings (SSSR count). The molecule has 2 heterocycles. The molecule has 0 bridgehead atoms. The van der Waals surface area contributed by atoms with Gasteiger partial charge in [0.1, 0.15) is 0 Å². The molecule has 1 fully saturated rings. The van der Waals surface area contributed by atoms with Gasteiger partial charge in [0, 0.05) is 6.04 Å². The summed E-state index contributed by atoms with van der Waals surface area (Å²) in [4.78, 5) is 43.3. The SMILES string of the molecule is O=C(NC1CCNCC1)c1nn(COP(=O)(O)O)cc1NC(=O)c1c(Cl)cccc1Cl. The van der Waals surface area contributed by atoms with Crippen LogP contribution in [0.4, 0.5) is 5.69 Å². The summed E-state index contributed by atoms with van der Waals surface area (Å²) in [5.41, 5.74) is -0.138. The quantitative estimate of drug-likeness (QED) is 0.368. The number of nitrogens with one attached hydrogen (secondary N) is 3. The molecule has 0 unspecified atom stereocenters. The van der Waals surface area contributed by atoms with E-state index in [0.29, 0.717) is 0 Å². The maximum Gasteiger partial charge on any atom is 0.471 e. The summed E-state index contributed by atoms with van der Waals surface area (Å²) in [6, 6.07) is 4.48. The molecule has 0 spiro atoms. The molecular formula is C17H20Cl2N5O6P. The molecule has 1 aromatic carbocycles. The third-order valence-electron chi connectivity index (χ3n) is 4.45. The van der Waals surface area contributed by atoms with E-state index in [1.807, 2.05) is 0 Å². The van der Waals surface area contributed by atoms with E-state index in [9.17, 15) is 14.2 Å². The molecule has 1 aliphatic rings. The smallest absolute Gasteiger partial charge is 0.348 e. The van der Waals surface area contributed by atoms with Crippen molar-refractivity contribution in [1.29, 1.82) is 0 Å². The van der Waals surface area contributed by atoms with E-state index in [-0.39, 0.29) is 33.0 Å². The first-order valence-electron chi connectivity index (χ1n) is 9.18. The molecular weight excluding hydrogens is 472 g/mol. The van der Waals surface area contributed by atoms with Gasteiger partial charge in [0.05, 0.1) is 27.5 Å². The highest BCUT2D eigenvalue weighted by Gasteiger charge is 2.25. The number of rotatable bonds is 7. The van der Waals surface area contributed by atoms with E-state index in [2.05, 4.69) is 25.6 Å². The molecule has 0 radical (unpaired) electrons. The highest BCUT2D eigenvalue weighted by atomic mass is 35.5. The summed E-state index contributed by atoms with van der Waals surface area (Å²) in [6.45, 7) is 0.870. The zero-order valence-corrected chi connectivity index (χ0v) is 18.5. The maximum absolute atomic E-state index is 12.8.